The second kappa shape index (κ2) is 6.01. The summed E-state index contributed by atoms with van der Waals surface area (Å²) in [5.74, 6) is -0.284. The summed E-state index contributed by atoms with van der Waals surface area (Å²) in [4.78, 5) is 0. The maximum absolute atomic E-state index is 12.9. The lowest BCUT2D eigenvalue weighted by Crippen LogP contribution is -2.10. The molecule has 19 heavy (non-hydrogen) atoms. The highest BCUT2D eigenvalue weighted by molar-refractivity contribution is 5.48. The molecule has 0 spiro atoms. The lowest BCUT2D eigenvalue weighted by atomic mass is 9.99. The Kier molecular flexibility index (Phi) is 4.15. The monoisotopic (exact) mass is 254 g/mol. The van der Waals surface area contributed by atoms with Crippen LogP contribution in [0, 0.1) is 17.1 Å². The van der Waals surface area contributed by atoms with Crippen LogP contribution in [-0.4, -0.2) is 0 Å². The highest BCUT2D eigenvalue weighted by Gasteiger charge is 2.13. The standard InChI is InChI=1S/C16H15FN2/c1-2-12-5-3-4-6-15(12)16(11-18)19-14-9-7-13(17)8-10-14/h3-10,16,19H,2H2,1H3. The number of nitrogens with one attached hydrogen (secondary N) is 1. The SMILES string of the molecule is CCc1ccccc1C(C#N)Nc1ccc(F)cc1. The number of aryl methyl sites for hydroxylation is 1. The number of hydrogen-bond donors (Lipinski definition) is 1. The van der Waals surface area contributed by atoms with Crippen LogP contribution in [0.4, 0.5) is 10.1 Å². The van der Waals surface area contributed by atoms with Crippen LogP contribution in [0.2, 0.25) is 0 Å². The largest absolute Gasteiger partial charge is 0.366 e. The van der Waals surface area contributed by atoms with E-state index in [0.29, 0.717) is 0 Å². The molecule has 1 N–H and O–H groups in total. The molecule has 0 aliphatic carbocycles. The summed E-state index contributed by atoms with van der Waals surface area (Å²) in [6.07, 6.45) is 0.874. The fraction of sp³-hybridized carbons (Fsp3) is 0.188. The van der Waals surface area contributed by atoms with Crippen LogP contribution in [0.1, 0.15) is 24.1 Å². The molecule has 0 aliphatic heterocycles. The van der Waals surface area contributed by atoms with E-state index in [4.69, 9.17) is 0 Å². The van der Waals surface area contributed by atoms with Crippen LogP contribution >= 0.6 is 0 Å². The third kappa shape index (κ3) is 3.11. The smallest absolute Gasteiger partial charge is 0.140 e. The quantitative estimate of drug-likeness (QED) is 0.892. The second-order valence-electron chi connectivity index (χ2n) is 4.27. The number of anilines is 1. The van der Waals surface area contributed by atoms with E-state index in [1.54, 1.807) is 12.1 Å². The summed E-state index contributed by atoms with van der Waals surface area (Å²) in [6, 6.07) is 15.7. The first kappa shape index (κ1) is 13.1. The van der Waals surface area contributed by atoms with Crippen molar-refractivity contribution >= 4 is 5.69 Å². The van der Waals surface area contributed by atoms with Crippen LogP contribution in [0.5, 0.6) is 0 Å². The molecule has 3 heteroatoms. The molecule has 0 radical (unpaired) electrons. The minimum absolute atomic E-state index is 0.284. The van der Waals surface area contributed by atoms with Crippen molar-refractivity contribution in [2.75, 3.05) is 5.32 Å². The van der Waals surface area contributed by atoms with E-state index < -0.39 is 6.04 Å². The first-order chi connectivity index (χ1) is 9.24. The predicted molar refractivity (Wildman–Crippen MR) is 74.2 cm³/mol. The van der Waals surface area contributed by atoms with Crippen molar-refractivity contribution < 1.29 is 4.39 Å². The molecule has 0 amide bonds. The summed E-state index contributed by atoms with van der Waals surface area (Å²) < 4.78 is 12.9. The molecule has 2 nitrogen and oxygen atoms in total. The number of halogens is 1. The highest BCUT2D eigenvalue weighted by atomic mass is 19.1. The van der Waals surface area contributed by atoms with Crippen molar-refractivity contribution in [2.24, 2.45) is 0 Å². The first-order valence-corrected chi connectivity index (χ1v) is 6.24. The van der Waals surface area contributed by atoms with Gasteiger partial charge in [0.1, 0.15) is 11.9 Å². The molecule has 2 rings (SSSR count). The van der Waals surface area contributed by atoms with Gasteiger partial charge in [0.2, 0.25) is 0 Å². The zero-order valence-corrected chi connectivity index (χ0v) is 10.7. The van der Waals surface area contributed by atoms with Gasteiger partial charge in [0.25, 0.3) is 0 Å². The Morgan fingerprint density at radius 3 is 2.47 bits per heavy atom. The molecule has 0 bridgehead atoms. The van der Waals surface area contributed by atoms with Crippen LogP contribution in [0.25, 0.3) is 0 Å². The number of nitrogens with zero attached hydrogens (tertiary/aromatic N) is 1. The average Bonchev–Trinajstić information content (AvgIpc) is 2.46. The van der Waals surface area contributed by atoms with Crippen molar-refractivity contribution in [1.29, 1.82) is 5.26 Å². The number of hydrogen-bond acceptors (Lipinski definition) is 2. The number of nitriles is 1. The van der Waals surface area contributed by atoms with Crippen LogP contribution in [0.15, 0.2) is 48.5 Å². The van der Waals surface area contributed by atoms with Gasteiger partial charge in [-0.25, -0.2) is 4.39 Å². The van der Waals surface area contributed by atoms with Crippen LogP contribution in [-0.2, 0) is 6.42 Å². The molecule has 0 saturated carbocycles. The third-order valence-electron chi connectivity index (χ3n) is 3.03. The minimum atomic E-state index is -0.429. The minimum Gasteiger partial charge on any atom is -0.366 e. The van der Waals surface area contributed by atoms with E-state index in [1.165, 1.54) is 12.1 Å². The molecule has 0 aliphatic rings. The summed E-state index contributed by atoms with van der Waals surface area (Å²) in [5.41, 5.74) is 2.85. The fourth-order valence-corrected chi connectivity index (χ4v) is 2.03. The zero-order chi connectivity index (χ0) is 13.7. The maximum atomic E-state index is 12.9. The van der Waals surface area contributed by atoms with Gasteiger partial charge in [-0.3, -0.25) is 0 Å². The molecule has 0 heterocycles. The Morgan fingerprint density at radius 2 is 1.84 bits per heavy atom. The Bertz CT molecular complexity index is 584. The lowest BCUT2D eigenvalue weighted by molar-refractivity contribution is 0.628. The van der Waals surface area contributed by atoms with E-state index in [0.717, 1.165) is 23.2 Å². The second-order valence-corrected chi connectivity index (χ2v) is 4.27. The van der Waals surface area contributed by atoms with Crippen molar-refractivity contribution in [3.05, 3.63) is 65.5 Å². The van der Waals surface area contributed by atoms with Crippen molar-refractivity contribution in [3.63, 3.8) is 0 Å². The van der Waals surface area contributed by atoms with E-state index in [1.807, 2.05) is 24.3 Å². The van der Waals surface area contributed by atoms with Crippen molar-refractivity contribution in [1.82, 2.24) is 0 Å². The predicted octanol–water partition coefficient (Wildman–Crippen LogP) is 4.06. The van der Waals surface area contributed by atoms with Gasteiger partial charge < -0.3 is 5.32 Å². The third-order valence-corrected chi connectivity index (χ3v) is 3.03. The van der Waals surface area contributed by atoms with E-state index >= 15 is 0 Å². The normalized spacial score (nSPS) is 11.6. The molecule has 0 fully saturated rings. The van der Waals surface area contributed by atoms with Gasteiger partial charge in [-0.2, -0.15) is 5.26 Å². The average molecular weight is 254 g/mol. The van der Waals surface area contributed by atoms with Crippen LogP contribution < -0.4 is 5.32 Å². The number of rotatable bonds is 4. The summed E-state index contributed by atoms with van der Waals surface area (Å²) in [7, 11) is 0. The fourth-order valence-electron chi connectivity index (χ4n) is 2.03. The van der Waals surface area contributed by atoms with Gasteiger partial charge in [-0.15, -0.1) is 0 Å². The van der Waals surface area contributed by atoms with Crippen molar-refractivity contribution in [3.8, 4) is 6.07 Å². The Balaban J connectivity index is 2.25. The van der Waals surface area contributed by atoms with Gasteiger partial charge in [-0.1, -0.05) is 31.2 Å². The van der Waals surface area contributed by atoms with Gasteiger partial charge in [0, 0.05) is 5.69 Å². The van der Waals surface area contributed by atoms with Gasteiger partial charge >= 0.3 is 0 Å². The topological polar surface area (TPSA) is 35.8 Å². The molecule has 0 saturated heterocycles. The van der Waals surface area contributed by atoms with Gasteiger partial charge in [-0.05, 0) is 41.8 Å². The number of benzene rings is 2. The van der Waals surface area contributed by atoms with Crippen LogP contribution in [0.3, 0.4) is 0 Å². The molecular formula is C16H15FN2. The zero-order valence-electron chi connectivity index (χ0n) is 10.7. The van der Waals surface area contributed by atoms with E-state index in [-0.39, 0.29) is 5.82 Å². The molecule has 0 aromatic heterocycles. The highest BCUT2D eigenvalue weighted by Crippen LogP contribution is 2.22. The van der Waals surface area contributed by atoms with E-state index in [9.17, 15) is 9.65 Å². The molecule has 96 valence electrons. The van der Waals surface area contributed by atoms with Crippen molar-refractivity contribution in [2.45, 2.75) is 19.4 Å². The lowest BCUT2D eigenvalue weighted by Gasteiger charge is -2.16. The van der Waals surface area contributed by atoms with E-state index in [2.05, 4.69) is 18.3 Å². The molecule has 2 aromatic carbocycles. The van der Waals surface area contributed by atoms with Gasteiger partial charge in [0.15, 0.2) is 0 Å². The molecule has 1 unspecified atom stereocenters. The van der Waals surface area contributed by atoms with Gasteiger partial charge in [0.05, 0.1) is 6.07 Å². The first-order valence-electron chi connectivity index (χ1n) is 6.24. The maximum Gasteiger partial charge on any atom is 0.140 e. The molecular weight excluding hydrogens is 239 g/mol. The Hall–Kier alpha value is -2.34. The summed E-state index contributed by atoms with van der Waals surface area (Å²) in [5, 5.41) is 12.4. The Morgan fingerprint density at radius 1 is 1.16 bits per heavy atom. The summed E-state index contributed by atoms with van der Waals surface area (Å²) >= 11 is 0. The summed E-state index contributed by atoms with van der Waals surface area (Å²) in [6.45, 7) is 2.06. The molecule has 1 atom stereocenters. The molecule has 2 aromatic rings. The Labute approximate surface area is 112 Å².